The molecule has 1 amide bonds. The number of likely N-dealkylation sites (tertiary alicyclic amines) is 1. The van der Waals surface area contributed by atoms with E-state index >= 15 is 0 Å². The minimum Gasteiger partial charge on any atom is -0.373 e. The van der Waals surface area contributed by atoms with Gasteiger partial charge in [-0.25, -0.2) is 4.98 Å². The van der Waals surface area contributed by atoms with Gasteiger partial charge in [-0.1, -0.05) is 6.08 Å². The summed E-state index contributed by atoms with van der Waals surface area (Å²) in [5.74, 6) is 1.43. The van der Waals surface area contributed by atoms with E-state index in [4.69, 9.17) is 0 Å². The SMILES string of the molecule is CNCC=CC(=O)N1CC[C@H](N(CC2CC2)c2cc(-c3ccnc(NC)c3)c[nH]c2=O)C1. The number of pyridine rings is 2. The Morgan fingerprint density at radius 2 is 2.12 bits per heavy atom. The summed E-state index contributed by atoms with van der Waals surface area (Å²) >= 11 is 0. The number of nitrogens with one attached hydrogen (secondary N) is 3. The molecule has 2 aliphatic rings. The van der Waals surface area contributed by atoms with E-state index in [0.717, 1.165) is 29.9 Å². The molecule has 2 aromatic heterocycles. The largest absolute Gasteiger partial charge is 0.373 e. The number of H-pyrrole nitrogens is 1. The lowest BCUT2D eigenvalue weighted by Crippen LogP contribution is -2.42. The van der Waals surface area contributed by atoms with Gasteiger partial charge in [0.25, 0.3) is 5.56 Å². The number of amides is 1. The van der Waals surface area contributed by atoms with E-state index in [1.54, 1.807) is 18.5 Å². The van der Waals surface area contributed by atoms with Gasteiger partial charge in [-0.05, 0) is 56.0 Å². The van der Waals surface area contributed by atoms with Crippen molar-refractivity contribution in [3.05, 3.63) is 53.1 Å². The van der Waals surface area contributed by atoms with Crippen molar-refractivity contribution >= 4 is 17.4 Å². The fourth-order valence-corrected chi connectivity index (χ4v) is 4.20. The van der Waals surface area contributed by atoms with Gasteiger partial charge in [0.2, 0.25) is 5.91 Å². The number of rotatable bonds is 9. The summed E-state index contributed by atoms with van der Waals surface area (Å²) in [5.41, 5.74) is 2.53. The van der Waals surface area contributed by atoms with Gasteiger partial charge >= 0.3 is 0 Å². The summed E-state index contributed by atoms with van der Waals surface area (Å²) in [6.07, 6.45) is 10.3. The molecule has 0 radical (unpaired) electrons. The summed E-state index contributed by atoms with van der Waals surface area (Å²) in [5, 5.41) is 6.07. The number of aromatic nitrogens is 2. The molecule has 2 fully saturated rings. The summed E-state index contributed by atoms with van der Waals surface area (Å²) in [6, 6.07) is 6.03. The maximum Gasteiger partial charge on any atom is 0.271 e. The Morgan fingerprint density at radius 1 is 1.28 bits per heavy atom. The molecule has 8 heteroatoms. The van der Waals surface area contributed by atoms with Crippen LogP contribution in [0.25, 0.3) is 11.1 Å². The van der Waals surface area contributed by atoms with Crippen molar-refractivity contribution in [2.45, 2.75) is 25.3 Å². The molecule has 1 aliphatic heterocycles. The second-order valence-electron chi connectivity index (χ2n) is 8.57. The van der Waals surface area contributed by atoms with Gasteiger partial charge in [-0.2, -0.15) is 0 Å². The zero-order valence-corrected chi connectivity index (χ0v) is 18.8. The molecular weight excluding hydrogens is 404 g/mol. The van der Waals surface area contributed by atoms with Crippen molar-refractivity contribution in [2.24, 2.45) is 5.92 Å². The fourth-order valence-electron chi connectivity index (χ4n) is 4.20. The standard InChI is InChI=1S/C24H32N6O2/c1-25-9-3-4-23(31)29-11-8-20(16-29)30(15-17-5-6-17)21-12-19(14-28-24(21)32)18-7-10-27-22(13-18)26-2/h3-4,7,10,12-14,17,20,25H,5-6,8-9,11,15-16H2,1-2H3,(H,26,27)(H,28,32)/t20-/m0/s1. The van der Waals surface area contributed by atoms with E-state index < -0.39 is 0 Å². The molecule has 3 N–H and O–H groups in total. The van der Waals surface area contributed by atoms with Crippen molar-refractivity contribution in [1.29, 1.82) is 0 Å². The Hall–Kier alpha value is -3.13. The molecule has 2 aromatic rings. The van der Waals surface area contributed by atoms with Crippen LogP contribution in [0.15, 0.2) is 47.5 Å². The lowest BCUT2D eigenvalue weighted by Gasteiger charge is -2.31. The molecular formula is C24H32N6O2. The van der Waals surface area contributed by atoms with E-state index in [1.165, 1.54) is 12.8 Å². The number of likely N-dealkylation sites (N-methyl/N-ethyl adjacent to an activating group) is 1. The summed E-state index contributed by atoms with van der Waals surface area (Å²) < 4.78 is 0. The molecule has 3 heterocycles. The Balaban J connectivity index is 1.58. The van der Waals surface area contributed by atoms with Gasteiger partial charge in [-0.15, -0.1) is 0 Å². The lowest BCUT2D eigenvalue weighted by atomic mass is 10.1. The topological polar surface area (TPSA) is 93.4 Å². The van der Waals surface area contributed by atoms with Gasteiger partial charge in [0.05, 0.1) is 0 Å². The number of hydrogen-bond donors (Lipinski definition) is 3. The van der Waals surface area contributed by atoms with Crippen LogP contribution in [-0.4, -0.2) is 67.1 Å². The van der Waals surface area contributed by atoms with Crippen LogP contribution in [0.2, 0.25) is 0 Å². The quantitative estimate of drug-likeness (QED) is 0.521. The first-order valence-electron chi connectivity index (χ1n) is 11.3. The third kappa shape index (κ3) is 5.19. The highest BCUT2D eigenvalue weighted by atomic mass is 16.2. The summed E-state index contributed by atoms with van der Waals surface area (Å²) in [7, 11) is 3.69. The first-order valence-corrected chi connectivity index (χ1v) is 11.3. The molecule has 1 saturated heterocycles. The average molecular weight is 437 g/mol. The number of aromatic amines is 1. The first kappa shape index (κ1) is 22.1. The fraction of sp³-hybridized carbons (Fsp3) is 0.458. The van der Waals surface area contributed by atoms with Crippen LogP contribution in [0, 0.1) is 5.92 Å². The van der Waals surface area contributed by atoms with Gasteiger partial charge in [-0.3, -0.25) is 9.59 Å². The Labute approximate surface area is 188 Å². The number of carbonyl (C=O) groups excluding carboxylic acids is 1. The maximum atomic E-state index is 12.9. The van der Waals surface area contributed by atoms with Crippen molar-refractivity contribution in [2.75, 3.05) is 50.5 Å². The number of carbonyl (C=O) groups is 1. The average Bonchev–Trinajstić information content (AvgIpc) is 3.51. The minimum atomic E-state index is -0.0870. The second kappa shape index (κ2) is 9.99. The molecule has 1 atom stereocenters. The van der Waals surface area contributed by atoms with E-state index in [9.17, 15) is 9.59 Å². The Bertz CT molecular complexity index is 1030. The molecule has 4 rings (SSSR count). The summed E-state index contributed by atoms with van der Waals surface area (Å²) in [6.45, 7) is 2.87. The molecule has 0 aromatic carbocycles. The van der Waals surface area contributed by atoms with E-state index in [0.29, 0.717) is 31.2 Å². The van der Waals surface area contributed by atoms with Gasteiger partial charge in [0.15, 0.2) is 0 Å². The lowest BCUT2D eigenvalue weighted by molar-refractivity contribution is -0.125. The van der Waals surface area contributed by atoms with E-state index in [2.05, 4.69) is 25.5 Å². The molecule has 8 nitrogen and oxygen atoms in total. The highest BCUT2D eigenvalue weighted by Gasteiger charge is 2.34. The zero-order chi connectivity index (χ0) is 22.5. The number of anilines is 2. The smallest absolute Gasteiger partial charge is 0.271 e. The molecule has 1 aliphatic carbocycles. The van der Waals surface area contributed by atoms with Crippen LogP contribution in [-0.2, 0) is 4.79 Å². The third-order valence-corrected chi connectivity index (χ3v) is 6.19. The van der Waals surface area contributed by atoms with Crippen molar-refractivity contribution < 1.29 is 4.79 Å². The van der Waals surface area contributed by atoms with E-state index in [-0.39, 0.29) is 17.5 Å². The normalized spacial score (nSPS) is 18.3. The predicted molar refractivity (Wildman–Crippen MR) is 128 cm³/mol. The van der Waals surface area contributed by atoms with Gasteiger partial charge in [0.1, 0.15) is 11.5 Å². The molecule has 1 saturated carbocycles. The molecule has 170 valence electrons. The Morgan fingerprint density at radius 3 is 2.88 bits per heavy atom. The molecule has 0 spiro atoms. The van der Waals surface area contributed by atoms with Crippen LogP contribution >= 0.6 is 0 Å². The molecule has 0 bridgehead atoms. The van der Waals surface area contributed by atoms with Crippen molar-refractivity contribution in [1.82, 2.24) is 20.2 Å². The zero-order valence-electron chi connectivity index (χ0n) is 18.8. The molecule has 0 unspecified atom stereocenters. The Kier molecular flexibility index (Phi) is 6.90. The number of nitrogens with zero attached hydrogens (tertiary/aromatic N) is 3. The monoisotopic (exact) mass is 436 g/mol. The first-order chi connectivity index (χ1) is 15.6. The van der Waals surface area contributed by atoms with Crippen molar-refractivity contribution in [3.8, 4) is 11.1 Å². The summed E-state index contributed by atoms with van der Waals surface area (Å²) in [4.78, 5) is 36.8. The highest BCUT2D eigenvalue weighted by molar-refractivity contribution is 5.88. The third-order valence-electron chi connectivity index (χ3n) is 6.19. The van der Waals surface area contributed by atoms with Crippen LogP contribution in [0.1, 0.15) is 19.3 Å². The highest BCUT2D eigenvalue weighted by Crippen LogP contribution is 2.34. The van der Waals surface area contributed by atoms with Crippen molar-refractivity contribution in [3.63, 3.8) is 0 Å². The predicted octanol–water partition coefficient (Wildman–Crippen LogP) is 2.07. The van der Waals surface area contributed by atoms with Crippen LogP contribution in [0.3, 0.4) is 0 Å². The van der Waals surface area contributed by atoms with Gasteiger partial charge in [0, 0.05) is 63.3 Å². The van der Waals surface area contributed by atoms with E-state index in [1.807, 2.05) is 43.3 Å². The molecule has 32 heavy (non-hydrogen) atoms. The second-order valence-corrected chi connectivity index (χ2v) is 8.57. The minimum absolute atomic E-state index is 0.0353. The van der Waals surface area contributed by atoms with Crippen LogP contribution < -0.4 is 21.1 Å². The van der Waals surface area contributed by atoms with Gasteiger partial charge < -0.3 is 25.4 Å². The number of hydrogen-bond acceptors (Lipinski definition) is 6. The van der Waals surface area contributed by atoms with Crippen LogP contribution in [0.5, 0.6) is 0 Å². The maximum absolute atomic E-state index is 12.9. The van der Waals surface area contributed by atoms with Crippen LogP contribution in [0.4, 0.5) is 11.5 Å².